The van der Waals surface area contributed by atoms with Crippen molar-refractivity contribution >= 4 is 0 Å². The van der Waals surface area contributed by atoms with Crippen LogP contribution >= 0.6 is 0 Å². The zero-order valence-electron chi connectivity index (χ0n) is 21.8. The Morgan fingerprint density at radius 3 is 1.47 bits per heavy atom. The van der Waals surface area contributed by atoms with Gasteiger partial charge in [0.05, 0.1) is 12.3 Å². The minimum absolute atomic E-state index is 0.243. The molecule has 0 aromatic heterocycles. The van der Waals surface area contributed by atoms with Crippen molar-refractivity contribution in [3.63, 3.8) is 0 Å². The Labute approximate surface area is 200 Å². The second-order valence-electron chi connectivity index (χ2n) is 11.6. The van der Waals surface area contributed by atoms with Crippen LogP contribution in [0.5, 0.6) is 0 Å². The van der Waals surface area contributed by atoms with Crippen molar-refractivity contribution in [2.24, 2.45) is 41.1 Å². The van der Waals surface area contributed by atoms with E-state index in [1.807, 2.05) is 0 Å². The molecule has 32 heavy (non-hydrogen) atoms. The van der Waals surface area contributed by atoms with Crippen LogP contribution in [0.4, 0.5) is 0 Å². The molecule has 0 bridgehead atoms. The zero-order chi connectivity index (χ0) is 23.2. The first-order valence-corrected chi connectivity index (χ1v) is 14.8. The highest BCUT2D eigenvalue weighted by Crippen LogP contribution is 2.45. The van der Waals surface area contributed by atoms with Crippen molar-refractivity contribution in [2.45, 2.75) is 155 Å². The molecule has 0 heterocycles. The van der Waals surface area contributed by atoms with Crippen LogP contribution in [0.3, 0.4) is 0 Å². The van der Waals surface area contributed by atoms with Crippen LogP contribution < -0.4 is 11.5 Å². The van der Waals surface area contributed by atoms with Crippen LogP contribution in [-0.2, 0) is 0 Å². The van der Waals surface area contributed by atoms with Crippen LogP contribution in [0.15, 0.2) is 0 Å². The summed E-state index contributed by atoms with van der Waals surface area (Å²) < 4.78 is 0. The third kappa shape index (κ3) is 10.0. The van der Waals surface area contributed by atoms with Crippen LogP contribution in [-0.4, -0.2) is 17.4 Å². The maximum atomic E-state index is 11.3. The second-order valence-corrected chi connectivity index (χ2v) is 11.6. The summed E-state index contributed by atoms with van der Waals surface area (Å²) in [6.07, 6.45) is 25.7. The highest BCUT2D eigenvalue weighted by Gasteiger charge is 2.37. The van der Waals surface area contributed by atoms with E-state index in [2.05, 4.69) is 13.8 Å². The van der Waals surface area contributed by atoms with Gasteiger partial charge in [0.2, 0.25) is 0 Å². The fraction of sp³-hybridized carbons (Fsp3) is 1.00. The highest BCUT2D eigenvalue weighted by atomic mass is 16.3. The lowest BCUT2D eigenvalue weighted by atomic mass is 9.65. The molecular formula is C29H58N2O. The van der Waals surface area contributed by atoms with Gasteiger partial charge in [-0.1, -0.05) is 123 Å². The minimum atomic E-state index is -0.301. The maximum absolute atomic E-state index is 11.3. The summed E-state index contributed by atoms with van der Waals surface area (Å²) in [5.41, 5.74) is 12.3. The molecule has 2 rings (SSSR count). The van der Waals surface area contributed by atoms with Gasteiger partial charge in [0, 0.05) is 0 Å². The summed E-state index contributed by atoms with van der Waals surface area (Å²) >= 11 is 0. The van der Waals surface area contributed by atoms with E-state index in [4.69, 9.17) is 11.5 Å². The Morgan fingerprint density at radius 2 is 1.06 bits per heavy atom. The number of aliphatic hydroxyl groups is 1. The lowest BCUT2D eigenvalue weighted by molar-refractivity contribution is 0.0467. The third-order valence-electron chi connectivity index (χ3n) is 8.98. The molecule has 3 heteroatoms. The Morgan fingerprint density at radius 1 is 0.656 bits per heavy atom. The molecule has 3 atom stereocenters. The standard InChI is InChI=1S/C29H58N2O/c1-3-5-15-25(21-27(32)22-26(29(30)31)16-6-4-2)28(23-17-11-7-8-12-18-23)24-19-13-9-10-14-20-24/h23-29,32H,3-22,30-31H2,1-2H3. The van der Waals surface area contributed by atoms with E-state index in [0.29, 0.717) is 5.92 Å². The van der Waals surface area contributed by atoms with E-state index < -0.39 is 0 Å². The first-order valence-electron chi connectivity index (χ1n) is 14.8. The molecule has 0 radical (unpaired) electrons. The van der Waals surface area contributed by atoms with Crippen molar-refractivity contribution in [3.05, 3.63) is 0 Å². The SMILES string of the molecule is CCCCC(CC(O)CC(CCCC)C(C1CCCCCC1)C1CCCCCC1)C(N)N. The average Bonchev–Trinajstić information content (AvgIpc) is 3.20. The predicted molar refractivity (Wildman–Crippen MR) is 139 cm³/mol. The van der Waals surface area contributed by atoms with Gasteiger partial charge in [0.15, 0.2) is 0 Å². The Kier molecular flexibility index (Phi) is 14.5. The molecular weight excluding hydrogens is 392 g/mol. The first-order chi connectivity index (χ1) is 15.6. The molecule has 0 spiro atoms. The normalized spacial score (nSPS) is 22.6. The van der Waals surface area contributed by atoms with Crippen molar-refractivity contribution < 1.29 is 5.11 Å². The quantitative estimate of drug-likeness (QED) is 0.189. The summed E-state index contributed by atoms with van der Waals surface area (Å²) in [6.45, 7) is 4.55. The lowest BCUT2D eigenvalue weighted by Gasteiger charge is -2.40. The number of rotatable bonds is 14. The predicted octanol–water partition coefficient (Wildman–Crippen LogP) is 7.54. The zero-order valence-corrected chi connectivity index (χ0v) is 21.8. The first kappa shape index (κ1) is 28.1. The van der Waals surface area contributed by atoms with E-state index >= 15 is 0 Å². The van der Waals surface area contributed by atoms with Gasteiger partial charge in [-0.05, 0) is 48.9 Å². The molecule has 3 nitrogen and oxygen atoms in total. The summed E-state index contributed by atoms with van der Waals surface area (Å²) in [4.78, 5) is 0. The Hall–Kier alpha value is -0.120. The molecule has 0 aromatic rings. The fourth-order valence-corrected chi connectivity index (χ4v) is 7.21. The molecule has 3 unspecified atom stereocenters. The smallest absolute Gasteiger partial charge is 0.0550 e. The van der Waals surface area contributed by atoms with Gasteiger partial charge in [0.25, 0.3) is 0 Å². The maximum Gasteiger partial charge on any atom is 0.0550 e. The van der Waals surface area contributed by atoms with E-state index in [0.717, 1.165) is 43.4 Å². The van der Waals surface area contributed by atoms with Gasteiger partial charge < -0.3 is 16.6 Å². The molecule has 0 saturated heterocycles. The monoisotopic (exact) mass is 450 g/mol. The van der Waals surface area contributed by atoms with Gasteiger partial charge in [-0.25, -0.2) is 0 Å². The van der Waals surface area contributed by atoms with Gasteiger partial charge in [-0.2, -0.15) is 0 Å². The molecule has 2 aliphatic carbocycles. The second kappa shape index (κ2) is 16.5. The number of aliphatic hydroxyl groups excluding tert-OH is 1. The number of hydrogen-bond acceptors (Lipinski definition) is 3. The van der Waals surface area contributed by atoms with Crippen molar-refractivity contribution in [1.82, 2.24) is 0 Å². The van der Waals surface area contributed by atoms with E-state index in [-0.39, 0.29) is 18.2 Å². The van der Waals surface area contributed by atoms with Crippen molar-refractivity contribution in [1.29, 1.82) is 0 Å². The van der Waals surface area contributed by atoms with Crippen LogP contribution in [0.25, 0.3) is 0 Å². The molecule has 5 N–H and O–H groups in total. The molecule has 2 aliphatic rings. The van der Waals surface area contributed by atoms with Crippen molar-refractivity contribution in [2.75, 3.05) is 0 Å². The molecule has 0 aliphatic heterocycles. The third-order valence-corrected chi connectivity index (χ3v) is 8.98. The molecule has 2 saturated carbocycles. The number of unbranched alkanes of at least 4 members (excludes halogenated alkanes) is 2. The van der Waals surface area contributed by atoms with Crippen molar-refractivity contribution in [3.8, 4) is 0 Å². The van der Waals surface area contributed by atoms with Crippen LogP contribution in [0.2, 0.25) is 0 Å². The number of hydrogen-bond donors (Lipinski definition) is 3. The molecule has 0 amide bonds. The van der Waals surface area contributed by atoms with Gasteiger partial charge in [-0.3, -0.25) is 0 Å². The molecule has 0 aromatic carbocycles. The highest BCUT2D eigenvalue weighted by molar-refractivity contribution is 4.87. The van der Waals surface area contributed by atoms with Gasteiger partial charge in [-0.15, -0.1) is 0 Å². The molecule has 190 valence electrons. The lowest BCUT2D eigenvalue weighted by Crippen LogP contribution is -2.41. The number of nitrogens with two attached hydrogens (primary N) is 2. The van der Waals surface area contributed by atoms with Crippen LogP contribution in [0.1, 0.15) is 142 Å². The largest absolute Gasteiger partial charge is 0.393 e. The summed E-state index contributed by atoms with van der Waals surface area (Å²) in [5, 5.41) is 11.3. The van der Waals surface area contributed by atoms with E-state index in [1.165, 1.54) is 103 Å². The van der Waals surface area contributed by atoms with Gasteiger partial charge >= 0.3 is 0 Å². The Balaban J connectivity index is 2.16. The fourth-order valence-electron chi connectivity index (χ4n) is 7.21. The minimum Gasteiger partial charge on any atom is -0.393 e. The molecule has 2 fully saturated rings. The summed E-state index contributed by atoms with van der Waals surface area (Å²) in [5.74, 6) is 3.54. The van der Waals surface area contributed by atoms with Gasteiger partial charge in [0.1, 0.15) is 0 Å². The van der Waals surface area contributed by atoms with E-state index in [1.54, 1.807) is 0 Å². The summed E-state index contributed by atoms with van der Waals surface area (Å²) in [7, 11) is 0. The average molecular weight is 451 g/mol. The van der Waals surface area contributed by atoms with Crippen LogP contribution in [0, 0.1) is 29.6 Å². The van der Waals surface area contributed by atoms with E-state index in [9.17, 15) is 5.11 Å². The topological polar surface area (TPSA) is 72.3 Å². The summed E-state index contributed by atoms with van der Waals surface area (Å²) in [6, 6.07) is 0. The Bertz CT molecular complexity index is 418.